The maximum Gasteiger partial charge on any atom is 0.219 e. The molecule has 0 spiro atoms. The van der Waals surface area contributed by atoms with Gasteiger partial charge in [0.05, 0.1) is 12.7 Å². The number of aliphatic hydroxyl groups is 1. The minimum Gasteiger partial charge on any atom is -0.493 e. The van der Waals surface area contributed by atoms with Crippen LogP contribution in [-0.2, 0) is 17.8 Å². The van der Waals surface area contributed by atoms with E-state index < -0.39 is 6.10 Å². The Morgan fingerprint density at radius 2 is 1.78 bits per heavy atom. The predicted molar refractivity (Wildman–Crippen MR) is 106 cm³/mol. The van der Waals surface area contributed by atoms with Crippen LogP contribution in [-0.4, -0.2) is 59.7 Å². The molecule has 27 heavy (non-hydrogen) atoms. The first-order valence-corrected chi connectivity index (χ1v) is 9.52. The molecule has 0 aliphatic carbocycles. The number of aliphatic hydroxyl groups excluding tert-OH is 1. The molecule has 2 aromatic carbocycles. The van der Waals surface area contributed by atoms with Crippen molar-refractivity contribution in [3.8, 4) is 5.75 Å². The molecule has 144 valence electrons. The van der Waals surface area contributed by atoms with E-state index in [9.17, 15) is 9.90 Å². The molecule has 3 rings (SSSR count). The van der Waals surface area contributed by atoms with Gasteiger partial charge in [0, 0.05) is 46.1 Å². The van der Waals surface area contributed by atoms with Gasteiger partial charge in [-0.2, -0.15) is 0 Å². The summed E-state index contributed by atoms with van der Waals surface area (Å²) in [5.74, 6) is 0.890. The SMILES string of the molecule is CC(=O)N1CCN(Cc2ccc(OCCc3ccccc3)cc2)C[C@H](O)C1. The van der Waals surface area contributed by atoms with Crippen LogP contribution in [0.2, 0.25) is 0 Å². The van der Waals surface area contributed by atoms with Gasteiger partial charge in [0.25, 0.3) is 0 Å². The van der Waals surface area contributed by atoms with Crippen molar-refractivity contribution in [1.82, 2.24) is 9.80 Å². The fourth-order valence-electron chi connectivity index (χ4n) is 3.37. The lowest BCUT2D eigenvalue weighted by atomic mass is 10.1. The van der Waals surface area contributed by atoms with Gasteiger partial charge in [0.1, 0.15) is 5.75 Å². The summed E-state index contributed by atoms with van der Waals surface area (Å²) in [6.07, 6.45) is 0.387. The van der Waals surface area contributed by atoms with E-state index in [1.54, 1.807) is 11.8 Å². The van der Waals surface area contributed by atoms with Crippen LogP contribution in [0.1, 0.15) is 18.1 Å². The monoisotopic (exact) mass is 368 g/mol. The first-order valence-electron chi connectivity index (χ1n) is 9.52. The van der Waals surface area contributed by atoms with Crippen molar-refractivity contribution in [2.75, 3.05) is 32.8 Å². The van der Waals surface area contributed by atoms with Crippen LogP contribution in [0, 0.1) is 0 Å². The van der Waals surface area contributed by atoms with Crippen LogP contribution in [0.4, 0.5) is 0 Å². The standard InChI is InChI=1S/C22H28N2O3/c1-18(25)24-13-12-23(16-21(26)17-24)15-20-7-9-22(10-8-20)27-14-11-19-5-3-2-4-6-19/h2-10,21,26H,11-17H2,1H3/t21-/m0/s1. The van der Waals surface area contributed by atoms with Crippen molar-refractivity contribution in [3.05, 3.63) is 65.7 Å². The van der Waals surface area contributed by atoms with Crippen molar-refractivity contribution >= 4 is 5.91 Å². The lowest BCUT2D eigenvalue weighted by Crippen LogP contribution is -2.36. The maximum absolute atomic E-state index is 11.6. The molecule has 1 amide bonds. The van der Waals surface area contributed by atoms with E-state index in [1.165, 1.54) is 11.1 Å². The average Bonchev–Trinajstić information content (AvgIpc) is 2.85. The Hall–Kier alpha value is -2.37. The third kappa shape index (κ3) is 6.08. The van der Waals surface area contributed by atoms with Crippen LogP contribution in [0.25, 0.3) is 0 Å². The molecule has 0 saturated carbocycles. The highest BCUT2D eigenvalue weighted by Gasteiger charge is 2.22. The zero-order valence-corrected chi connectivity index (χ0v) is 15.9. The third-order valence-corrected chi connectivity index (χ3v) is 4.86. The minimum absolute atomic E-state index is 0.0212. The average molecular weight is 368 g/mol. The molecule has 0 bridgehead atoms. The summed E-state index contributed by atoms with van der Waals surface area (Å²) >= 11 is 0. The number of carbonyl (C=O) groups is 1. The van der Waals surface area contributed by atoms with Crippen LogP contribution < -0.4 is 4.74 Å². The van der Waals surface area contributed by atoms with Gasteiger partial charge in [-0.05, 0) is 23.3 Å². The largest absolute Gasteiger partial charge is 0.493 e. The van der Waals surface area contributed by atoms with Gasteiger partial charge in [-0.15, -0.1) is 0 Å². The molecule has 1 saturated heterocycles. The molecule has 5 heteroatoms. The number of nitrogens with zero attached hydrogens (tertiary/aromatic N) is 2. The normalized spacial score (nSPS) is 18.1. The fourth-order valence-corrected chi connectivity index (χ4v) is 3.37. The lowest BCUT2D eigenvalue weighted by Gasteiger charge is -2.21. The molecule has 1 aliphatic rings. The zero-order valence-electron chi connectivity index (χ0n) is 15.9. The van der Waals surface area contributed by atoms with Crippen LogP contribution in [0.5, 0.6) is 5.75 Å². The topological polar surface area (TPSA) is 53.0 Å². The van der Waals surface area contributed by atoms with Crippen molar-refractivity contribution in [1.29, 1.82) is 0 Å². The highest BCUT2D eigenvalue weighted by molar-refractivity contribution is 5.73. The second-order valence-corrected chi connectivity index (χ2v) is 7.08. The summed E-state index contributed by atoms with van der Waals surface area (Å²) in [5, 5.41) is 10.1. The summed E-state index contributed by atoms with van der Waals surface area (Å²) < 4.78 is 5.83. The number of rotatable bonds is 6. The minimum atomic E-state index is -0.503. The van der Waals surface area contributed by atoms with E-state index in [-0.39, 0.29) is 5.91 Å². The van der Waals surface area contributed by atoms with Crippen LogP contribution >= 0.6 is 0 Å². The predicted octanol–water partition coefficient (Wildman–Crippen LogP) is 2.33. The molecule has 1 fully saturated rings. The highest BCUT2D eigenvalue weighted by Crippen LogP contribution is 2.15. The Kier molecular flexibility index (Phi) is 6.85. The first kappa shape index (κ1) is 19.4. The van der Waals surface area contributed by atoms with E-state index in [0.717, 1.165) is 25.3 Å². The van der Waals surface area contributed by atoms with Gasteiger partial charge in [-0.25, -0.2) is 0 Å². The third-order valence-electron chi connectivity index (χ3n) is 4.86. The van der Waals surface area contributed by atoms with Gasteiger partial charge >= 0.3 is 0 Å². The van der Waals surface area contributed by atoms with Crippen LogP contribution in [0.3, 0.4) is 0 Å². The Morgan fingerprint density at radius 1 is 1.04 bits per heavy atom. The summed E-state index contributed by atoms with van der Waals surface area (Å²) in [6.45, 7) is 5.40. The molecule has 0 radical (unpaired) electrons. The van der Waals surface area contributed by atoms with E-state index in [2.05, 4.69) is 29.2 Å². The summed E-state index contributed by atoms with van der Waals surface area (Å²) in [5.41, 5.74) is 2.45. The van der Waals surface area contributed by atoms with Gasteiger partial charge in [-0.3, -0.25) is 9.69 Å². The van der Waals surface area contributed by atoms with Crippen LogP contribution in [0.15, 0.2) is 54.6 Å². The Morgan fingerprint density at radius 3 is 2.48 bits per heavy atom. The number of hydrogen-bond donors (Lipinski definition) is 1. The molecule has 2 aromatic rings. The second-order valence-electron chi connectivity index (χ2n) is 7.08. The molecular weight excluding hydrogens is 340 g/mol. The molecule has 5 nitrogen and oxygen atoms in total. The summed E-state index contributed by atoms with van der Waals surface area (Å²) in [7, 11) is 0. The maximum atomic E-state index is 11.6. The summed E-state index contributed by atoms with van der Waals surface area (Å²) in [6, 6.07) is 18.4. The fraction of sp³-hybridized carbons (Fsp3) is 0.409. The van der Waals surface area contributed by atoms with Crippen molar-refractivity contribution in [2.24, 2.45) is 0 Å². The molecule has 1 N–H and O–H groups in total. The van der Waals surface area contributed by atoms with E-state index in [1.807, 2.05) is 30.3 Å². The van der Waals surface area contributed by atoms with E-state index >= 15 is 0 Å². The quantitative estimate of drug-likeness (QED) is 0.850. The number of benzene rings is 2. The zero-order chi connectivity index (χ0) is 19.1. The van der Waals surface area contributed by atoms with Crippen molar-refractivity contribution in [3.63, 3.8) is 0 Å². The highest BCUT2D eigenvalue weighted by atomic mass is 16.5. The Balaban J connectivity index is 1.48. The van der Waals surface area contributed by atoms with Crippen molar-refractivity contribution in [2.45, 2.75) is 26.0 Å². The number of β-amino-alcohol motifs (C(OH)–C–C–N with tert-alkyl or cyclic N) is 1. The molecular formula is C22H28N2O3. The number of amides is 1. The van der Waals surface area contributed by atoms with Gasteiger partial charge < -0.3 is 14.7 Å². The van der Waals surface area contributed by atoms with E-state index in [4.69, 9.17) is 4.74 Å². The lowest BCUT2D eigenvalue weighted by molar-refractivity contribution is -0.129. The summed E-state index contributed by atoms with van der Waals surface area (Å²) in [4.78, 5) is 15.5. The molecule has 1 atom stereocenters. The smallest absolute Gasteiger partial charge is 0.219 e. The Labute approximate surface area is 161 Å². The first-order chi connectivity index (χ1) is 13.1. The van der Waals surface area contributed by atoms with Gasteiger partial charge in [0.15, 0.2) is 0 Å². The van der Waals surface area contributed by atoms with E-state index in [0.29, 0.717) is 26.2 Å². The molecule has 0 unspecified atom stereocenters. The molecule has 1 aliphatic heterocycles. The van der Waals surface area contributed by atoms with Gasteiger partial charge in [-0.1, -0.05) is 42.5 Å². The number of hydrogen-bond acceptors (Lipinski definition) is 4. The molecule has 1 heterocycles. The Bertz CT molecular complexity index is 718. The molecule has 0 aromatic heterocycles. The van der Waals surface area contributed by atoms with Gasteiger partial charge in [0.2, 0.25) is 5.91 Å². The van der Waals surface area contributed by atoms with Crippen molar-refractivity contribution < 1.29 is 14.6 Å². The second kappa shape index (κ2) is 9.53. The number of carbonyl (C=O) groups excluding carboxylic acids is 1. The number of ether oxygens (including phenoxy) is 1.